The second-order valence-electron chi connectivity index (χ2n) is 7.99. The molecule has 0 aliphatic rings. The number of halogens is 6. The van der Waals surface area contributed by atoms with Gasteiger partial charge in [-0.2, -0.15) is 18.3 Å². The largest absolute Gasteiger partial charge is 0.416 e. The van der Waals surface area contributed by atoms with E-state index in [2.05, 4.69) is 25.8 Å². The zero-order valence-electron chi connectivity index (χ0n) is 19.2. The van der Waals surface area contributed by atoms with Gasteiger partial charge in [-0.1, -0.05) is 58.2 Å². The predicted molar refractivity (Wildman–Crippen MR) is 142 cm³/mol. The van der Waals surface area contributed by atoms with Gasteiger partial charge in [-0.25, -0.2) is 17.8 Å². The maximum atomic E-state index is 12.9. The van der Waals surface area contributed by atoms with Crippen molar-refractivity contribution in [1.29, 1.82) is 0 Å². The molecule has 3 aromatic carbocycles. The lowest BCUT2D eigenvalue weighted by atomic mass is 10.0. The maximum Gasteiger partial charge on any atom is 0.416 e. The summed E-state index contributed by atoms with van der Waals surface area (Å²) in [5, 5.41) is 5.49. The van der Waals surface area contributed by atoms with Gasteiger partial charge < -0.3 is 0 Å². The Bertz CT molecular complexity index is 1540. The van der Waals surface area contributed by atoms with Crippen molar-refractivity contribution in [1.82, 2.24) is 14.5 Å². The van der Waals surface area contributed by atoms with Crippen molar-refractivity contribution in [3.8, 4) is 16.9 Å². The fourth-order valence-electron chi connectivity index (χ4n) is 3.81. The van der Waals surface area contributed by atoms with Gasteiger partial charge in [-0.15, -0.1) is 0 Å². The van der Waals surface area contributed by atoms with Crippen LogP contribution in [0.25, 0.3) is 16.9 Å². The fraction of sp³-hybridized carbons (Fsp3) is 0.160. The van der Waals surface area contributed by atoms with Crippen LogP contribution in [-0.4, -0.2) is 18.2 Å². The van der Waals surface area contributed by atoms with Crippen molar-refractivity contribution < 1.29 is 21.6 Å². The molecule has 0 aliphatic heterocycles. The first-order valence-corrected chi connectivity index (χ1v) is 13.9. The second kappa shape index (κ2) is 10.8. The van der Waals surface area contributed by atoms with Gasteiger partial charge in [0.25, 0.3) is 0 Å². The summed E-state index contributed by atoms with van der Waals surface area (Å²) in [6.45, 7) is 1.73. The SMILES string of the molecule is CCc1c(CNS(=O)(=O)c2ccc(C(F)(F)F)cc2)nn(-c2ccc(Cl)cc2Cl)c1-c1ccc(Br)cc1. The van der Waals surface area contributed by atoms with E-state index in [-0.39, 0.29) is 11.4 Å². The van der Waals surface area contributed by atoms with Gasteiger partial charge in [0.15, 0.2) is 0 Å². The molecular weight excluding hydrogens is 614 g/mol. The first-order valence-electron chi connectivity index (χ1n) is 10.9. The Hall–Kier alpha value is -2.37. The van der Waals surface area contributed by atoms with Gasteiger partial charge in [0.1, 0.15) is 0 Å². The lowest BCUT2D eigenvalue weighted by Crippen LogP contribution is -2.24. The number of hydrogen-bond donors (Lipinski definition) is 1. The summed E-state index contributed by atoms with van der Waals surface area (Å²) in [5.41, 5.74) is 2.40. The molecule has 0 spiro atoms. The smallest absolute Gasteiger partial charge is 0.231 e. The van der Waals surface area contributed by atoms with Crippen molar-refractivity contribution in [3.05, 3.63) is 98.1 Å². The third-order valence-electron chi connectivity index (χ3n) is 5.60. The molecule has 37 heavy (non-hydrogen) atoms. The number of nitrogens with zero attached hydrogens (tertiary/aromatic N) is 2. The second-order valence-corrected chi connectivity index (χ2v) is 11.5. The normalized spacial score (nSPS) is 12.2. The van der Waals surface area contributed by atoms with Crippen molar-refractivity contribution in [2.24, 2.45) is 0 Å². The van der Waals surface area contributed by atoms with Crippen molar-refractivity contribution in [3.63, 3.8) is 0 Å². The van der Waals surface area contributed by atoms with Crippen LogP contribution < -0.4 is 4.72 Å². The Kier molecular flexibility index (Phi) is 8.06. The van der Waals surface area contributed by atoms with Crippen molar-refractivity contribution >= 4 is 49.2 Å². The molecule has 1 N–H and O–H groups in total. The third kappa shape index (κ3) is 6.04. The molecule has 5 nitrogen and oxygen atoms in total. The molecule has 0 amide bonds. The van der Waals surface area contributed by atoms with E-state index in [0.717, 1.165) is 45.6 Å². The van der Waals surface area contributed by atoms with Crippen molar-refractivity contribution in [2.75, 3.05) is 0 Å². The number of nitrogens with one attached hydrogen (secondary N) is 1. The zero-order chi connectivity index (χ0) is 27.0. The summed E-state index contributed by atoms with van der Waals surface area (Å²) >= 11 is 16.0. The molecule has 0 saturated carbocycles. The van der Waals surface area contributed by atoms with E-state index in [1.165, 1.54) is 0 Å². The molecule has 0 bridgehead atoms. The highest BCUT2D eigenvalue weighted by molar-refractivity contribution is 9.10. The number of hydrogen-bond acceptors (Lipinski definition) is 3. The highest BCUT2D eigenvalue weighted by Crippen LogP contribution is 2.34. The lowest BCUT2D eigenvalue weighted by molar-refractivity contribution is -0.137. The molecule has 1 aromatic heterocycles. The van der Waals surface area contributed by atoms with E-state index >= 15 is 0 Å². The molecule has 0 unspecified atom stereocenters. The molecule has 194 valence electrons. The molecule has 1 heterocycles. The maximum absolute atomic E-state index is 12.9. The van der Waals surface area contributed by atoms with Gasteiger partial charge in [0.05, 0.1) is 39.1 Å². The van der Waals surface area contributed by atoms with E-state index in [1.54, 1.807) is 22.9 Å². The van der Waals surface area contributed by atoms with Crippen molar-refractivity contribution in [2.45, 2.75) is 31.0 Å². The van der Waals surface area contributed by atoms with E-state index in [0.29, 0.717) is 27.8 Å². The number of sulfonamides is 1. The van der Waals surface area contributed by atoms with E-state index in [9.17, 15) is 21.6 Å². The Morgan fingerprint density at radius 1 is 1.00 bits per heavy atom. The fourth-order valence-corrected chi connectivity index (χ4v) is 5.55. The molecule has 12 heteroatoms. The number of benzene rings is 3. The van der Waals surface area contributed by atoms with Crippen LogP contribution in [0.3, 0.4) is 0 Å². The van der Waals surface area contributed by atoms with Gasteiger partial charge in [-0.3, -0.25) is 0 Å². The standard InChI is InChI=1S/C25H19BrCl2F3N3O2S/c1-2-20-22(14-32-37(35,36)19-10-5-16(6-11-19)25(29,30)31)33-34(23-12-9-18(27)13-21(23)28)24(20)15-3-7-17(26)8-4-15/h3-13,32H,2,14H2,1H3. The predicted octanol–water partition coefficient (Wildman–Crippen LogP) is 7.67. The van der Waals surface area contributed by atoms with Crippen LogP contribution >= 0.6 is 39.1 Å². The Labute approximate surface area is 230 Å². The first-order chi connectivity index (χ1) is 17.4. The summed E-state index contributed by atoms with van der Waals surface area (Å²) in [6.07, 6.45) is -4.04. The molecular formula is C25H19BrCl2F3N3O2S. The molecule has 4 rings (SSSR count). The summed E-state index contributed by atoms with van der Waals surface area (Å²) in [7, 11) is -4.11. The number of alkyl halides is 3. The van der Waals surface area contributed by atoms with Gasteiger partial charge in [0.2, 0.25) is 10.0 Å². The van der Waals surface area contributed by atoms with E-state index in [4.69, 9.17) is 23.2 Å². The number of rotatable bonds is 7. The van der Waals surface area contributed by atoms with Gasteiger partial charge >= 0.3 is 6.18 Å². The summed E-state index contributed by atoms with van der Waals surface area (Å²) in [4.78, 5) is -0.285. The minimum absolute atomic E-state index is 0.186. The van der Waals surface area contributed by atoms with Crippen LogP contribution in [0.5, 0.6) is 0 Å². The highest BCUT2D eigenvalue weighted by Gasteiger charge is 2.31. The molecule has 0 aliphatic carbocycles. The van der Waals surface area contributed by atoms with Crippen LogP contribution in [0, 0.1) is 0 Å². The van der Waals surface area contributed by atoms with Crippen LogP contribution in [0.15, 0.2) is 76.1 Å². The topological polar surface area (TPSA) is 64.0 Å². The van der Waals surface area contributed by atoms with E-state index in [1.807, 2.05) is 31.2 Å². The average Bonchev–Trinajstić information content (AvgIpc) is 3.21. The summed E-state index contributed by atoms with van der Waals surface area (Å²) < 4.78 is 69.3. The van der Waals surface area contributed by atoms with Gasteiger partial charge in [0, 0.05) is 20.6 Å². The Morgan fingerprint density at radius 2 is 1.65 bits per heavy atom. The molecule has 0 fully saturated rings. The van der Waals surface area contributed by atoms with Crippen LogP contribution in [0.1, 0.15) is 23.7 Å². The molecule has 0 radical (unpaired) electrons. The Balaban J connectivity index is 1.75. The van der Waals surface area contributed by atoms with E-state index < -0.39 is 21.8 Å². The summed E-state index contributed by atoms with van der Waals surface area (Å²) in [5.74, 6) is 0. The summed E-state index contributed by atoms with van der Waals surface area (Å²) in [6, 6.07) is 15.8. The first kappa shape index (κ1) is 27.7. The van der Waals surface area contributed by atoms with Crippen LogP contribution in [0.4, 0.5) is 13.2 Å². The molecule has 4 aromatic rings. The lowest BCUT2D eigenvalue weighted by Gasteiger charge is -2.11. The van der Waals surface area contributed by atoms with Crippen LogP contribution in [0.2, 0.25) is 10.0 Å². The Morgan fingerprint density at radius 3 is 2.22 bits per heavy atom. The number of aromatic nitrogens is 2. The monoisotopic (exact) mass is 631 g/mol. The highest BCUT2D eigenvalue weighted by atomic mass is 79.9. The molecule has 0 saturated heterocycles. The minimum atomic E-state index is -4.56. The molecule has 0 atom stereocenters. The third-order valence-corrected chi connectivity index (χ3v) is 8.08. The quantitative estimate of drug-likeness (QED) is 0.227. The zero-order valence-corrected chi connectivity index (χ0v) is 23.1. The van der Waals surface area contributed by atoms with Crippen LogP contribution in [-0.2, 0) is 29.2 Å². The minimum Gasteiger partial charge on any atom is -0.231 e. The van der Waals surface area contributed by atoms with Gasteiger partial charge in [-0.05, 0) is 61.0 Å². The average molecular weight is 633 g/mol.